The van der Waals surface area contributed by atoms with Gasteiger partial charge >= 0.3 is 5.97 Å². The molecule has 0 atom stereocenters. The van der Waals surface area contributed by atoms with Crippen molar-refractivity contribution in [2.24, 2.45) is 0 Å². The molecule has 0 aliphatic heterocycles. The Kier molecular flexibility index (Phi) is 7.17. The number of anilines is 1. The van der Waals surface area contributed by atoms with Crippen LogP contribution >= 0.6 is 0 Å². The first-order valence-electron chi connectivity index (χ1n) is 5.15. The van der Waals surface area contributed by atoms with Gasteiger partial charge in [0.15, 0.2) is 0 Å². The van der Waals surface area contributed by atoms with Crippen LogP contribution in [-0.2, 0) is 9.59 Å². The Labute approximate surface area is 100 Å². The monoisotopic (exact) mass is 239 g/mol. The Morgan fingerprint density at radius 1 is 1.29 bits per heavy atom. The van der Waals surface area contributed by atoms with Crippen LogP contribution in [0.1, 0.15) is 20.3 Å². The van der Waals surface area contributed by atoms with Gasteiger partial charge < -0.3 is 15.6 Å². The molecule has 0 radical (unpaired) electrons. The molecular formula is C12H17NO4. The number of hydrogen-bond donors (Lipinski definition) is 2. The van der Waals surface area contributed by atoms with E-state index in [4.69, 9.17) is 15.6 Å². The van der Waals surface area contributed by atoms with Gasteiger partial charge in [-0.1, -0.05) is 0 Å². The molecular weight excluding hydrogens is 222 g/mol. The molecule has 0 heterocycles. The van der Waals surface area contributed by atoms with Crippen molar-refractivity contribution in [3.05, 3.63) is 24.3 Å². The fourth-order valence-electron chi connectivity index (χ4n) is 0.944. The summed E-state index contributed by atoms with van der Waals surface area (Å²) in [6.07, 6.45) is -0.361. The van der Waals surface area contributed by atoms with Crippen molar-refractivity contribution in [3.8, 4) is 5.75 Å². The molecule has 1 aromatic rings. The molecule has 0 aliphatic rings. The highest BCUT2D eigenvalue weighted by Gasteiger charge is 1.98. The molecule has 94 valence electrons. The predicted molar refractivity (Wildman–Crippen MR) is 65.0 cm³/mol. The lowest BCUT2D eigenvalue weighted by Gasteiger charge is -2.01. The molecule has 0 saturated carbocycles. The molecule has 1 rings (SSSR count). The minimum atomic E-state index is -1.06. The van der Waals surface area contributed by atoms with Gasteiger partial charge in [0.25, 0.3) is 0 Å². The maximum Gasteiger partial charge on any atom is 0.310 e. The molecule has 0 aromatic heterocycles. The van der Waals surface area contributed by atoms with E-state index in [9.17, 15) is 9.59 Å². The van der Waals surface area contributed by atoms with Crippen molar-refractivity contribution < 1.29 is 19.4 Å². The number of carboxylic acids is 1. The summed E-state index contributed by atoms with van der Waals surface area (Å²) in [6.45, 7) is 3.90. The summed E-state index contributed by atoms with van der Waals surface area (Å²) in [5.74, 6) is -0.503. The van der Waals surface area contributed by atoms with Gasteiger partial charge in [-0.3, -0.25) is 9.59 Å². The van der Waals surface area contributed by atoms with E-state index in [0.717, 1.165) is 11.4 Å². The summed E-state index contributed by atoms with van der Waals surface area (Å²) in [6, 6.07) is 7.37. The Morgan fingerprint density at radius 2 is 1.82 bits per heavy atom. The van der Waals surface area contributed by atoms with Gasteiger partial charge in [-0.2, -0.15) is 0 Å². The number of nitrogen functional groups attached to an aromatic ring is 1. The number of Topliss-reactive ketones (excluding diaryl/α,β-unsaturated/α-hetero) is 1. The third-order valence-corrected chi connectivity index (χ3v) is 1.59. The average Bonchev–Trinajstić information content (AvgIpc) is 2.20. The van der Waals surface area contributed by atoms with Crippen LogP contribution in [-0.4, -0.2) is 23.5 Å². The number of hydrogen-bond acceptors (Lipinski definition) is 4. The molecule has 0 amide bonds. The molecule has 3 N–H and O–H groups in total. The van der Waals surface area contributed by atoms with E-state index in [-0.39, 0.29) is 12.2 Å². The Hall–Kier alpha value is -2.04. The summed E-state index contributed by atoms with van der Waals surface area (Å²) in [4.78, 5) is 19.5. The van der Waals surface area contributed by atoms with E-state index >= 15 is 0 Å². The zero-order valence-electron chi connectivity index (χ0n) is 9.97. The van der Waals surface area contributed by atoms with Crippen molar-refractivity contribution in [2.45, 2.75) is 20.3 Å². The first kappa shape index (κ1) is 15.0. The van der Waals surface area contributed by atoms with Crippen molar-refractivity contribution in [1.29, 1.82) is 0 Å². The summed E-state index contributed by atoms with van der Waals surface area (Å²) >= 11 is 0. The molecule has 0 spiro atoms. The summed E-state index contributed by atoms with van der Waals surface area (Å²) < 4.78 is 5.21. The maximum atomic E-state index is 9.87. The van der Waals surface area contributed by atoms with Crippen LogP contribution in [0.25, 0.3) is 0 Å². The zero-order valence-corrected chi connectivity index (χ0v) is 9.97. The van der Waals surface area contributed by atoms with E-state index in [1.807, 2.05) is 31.2 Å². The number of nitrogens with two attached hydrogens (primary N) is 1. The van der Waals surface area contributed by atoms with E-state index in [1.54, 1.807) is 0 Å². The van der Waals surface area contributed by atoms with E-state index in [1.165, 1.54) is 6.92 Å². The molecule has 5 nitrogen and oxygen atoms in total. The zero-order chi connectivity index (χ0) is 13.3. The number of carbonyl (C=O) groups is 2. The van der Waals surface area contributed by atoms with Crippen LogP contribution in [0.3, 0.4) is 0 Å². The first-order chi connectivity index (χ1) is 7.95. The number of carbonyl (C=O) groups excluding carboxylic acids is 1. The third kappa shape index (κ3) is 8.92. The fraction of sp³-hybridized carbons (Fsp3) is 0.333. The van der Waals surface area contributed by atoms with Crippen molar-refractivity contribution >= 4 is 17.4 Å². The second-order valence-electron chi connectivity index (χ2n) is 3.27. The highest BCUT2D eigenvalue weighted by atomic mass is 16.5. The SMILES string of the molecule is CC(=O)CC(=O)O.CCOc1ccc(N)cc1. The van der Waals surface area contributed by atoms with Gasteiger partial charge in [-0.05, 0) is 38.1 Å². The lowest BCUT2D eigenvalue weighted by Crippen LogP contribution is -2.00. The molecule has 17 heavy (non-hydrogen) atoms. The standard InChI is InChI=1S/C8H11NO.C4H6O3/c1-2-10-8-5-3-7(9)4-6-8;1-3(5)2-4(6)7/h3-6H,2,9H2,1H3;2H2,1H3,(H,6,7). The van der Waals surface area contributed by atoms with E-state index in [2.05, 4.69) is 0 Å². The molecule has 5 heteroatoms. The molecule has 0 aliphatic carbocycles. The van der Waals surface area contributed by atoms with E-state index < -0.39 is 5.97 Å². The quantitative estimate of drug-likeness (QED) is 0.616. The molecule has 0 bridgehead atoms. The van der Waals surface area contributed by atoms with Gasteiger partial charge in [0, 0.05) is 5.69 Å². The Balaban J connectivity index is 0.000000325. The van der Waals surface area contributed by atoms with Crippen LogP contribution in [0, 0.1) is 0 Å². The lowest BCUT2D eigenvalue weighted by molar-refractivity contribution is -0.139. The van der Waals surface area contributed by atoms with Gasteiger partial charge in [0.05, 0.1) is 6.61 Å². The van der Waals surface area contributed by atoms with Crippen LogP contribution in [0.2, 0.25) is 0 Å². The molecule has 0 fully saturated rings. The largest absolute Gasteiger partial charge is 0.494 e. The van der Waals surface area contributed by atoms with E-state index in [0.29, 0.717) is 6.61 Å². The number of benzene rings is 1. The summed E-state index contributed by atoms with van der Waals surface area (Å²) in [5, 5.41) is 7.86. The number of ketones is 1. The minimum absolute atomic E-state index is 0.312. The number of ether oxygens (including phenoxy) is 1. The van der Waals surface area contributed by atoms with Crippen LogP contribution in [0.5, 0.6) is 5.75 Å². The predicted octanol–water partition coefficient (Wildman–Crippen LogP) is 1.72. The fourth-order valence-corrected chi connectivity index (χ4v) is 0.944. The Morgan fingerprint density at radius 3 is 2.12 bits per heavy atom. The third-order valence-electron chi connectivity index (χ3n) is 1.59. The smallest absolute Gasteiger partial charge is 0.310 e. The summed E-state index contributed by atoms with van der Waals surface area (Å²) in [7, 11) is 0. The van der Waals surface area contributed by atoms with Crippen LogP contribution in [0.4, 0.5) is 5.69 Å². The second-order valence-corrected chi connectivity index (χ2v) is 3.27. The Bertz CT molecular complexity index is 347. The highest BCUT2D eigenvalue weighted by Crippen LogP contribution is 2.12. The normalized spacial score (nSPS) is 8.82. The van der Waals surface area contributed by atoms with Gasteiger partial charge in [-0.15, -0.1) is 0 Å². The molecule has 1 aromatic carbocycles. The maximum absolute atomic E-state index is 9.87. The number of carboxylic acid groups (broad SMARTS) is 1. The second kappa shape index (κ2) is 8.15. The summed E-state index contributed by atoms with van der Waals surface area (Å²) in [5.41, 5.74) is 6.23. The first-order valence-corrected chi connectivity index (χ1v) is 5.15. The average molecular weight is 239 g/mol. The number of aliphatic carboxylic acids is 1. The minimum Gasteiger partial charge on any atom is -0.494 e. The van der Waals surface area contributed by atoms with Gasteiger partial charge in [0.2, 0.25) is 0 Å². The topological polar surface area (TPSA) is 89.6 Å². The van der Waals surface area contributed by atoms with Crippen LogP contribution < -0.4 is 10.5 Å². The van der Waals surface area contributed by atoms with Crippen molar-refractivity contribution in [1.82, 2.24) is 0 Å². The van der Waals surface area contributed by atoms with Gasteiger partial charge in [0.1, 0.15) is 18.0 Å². The molecule has 0 unspecified atom stereocenters. The van der Waals surface area contributed by atoms with Crippen molar-refractivity contribution in [2.75, 3.05) is 12.3 Å². The lowest BCUT2D eigenvalue weighted by atomic mass is 10.3. The molecule has 0 saturated heterocycles. The van der Waals surface area contributed by atoms with Crippen LogP contribution in [0.15, 0.2) is 24.3 Å². The van der Waals surface area contributed by atoms with Crippen molar-refractivity contribution in [3.63, 3.8) is 0 Å². The number of rotatable bonds is 4. The highest BCUT2D eigenvalue weighted by molar-refractivity contribution is 5.93. The van der Waals surface area contributed by atoms with Gasteiger partial charge in [-0.25, -0.2) is 0 Å².